The maximum absolute atomic E-state index is 13.0. The number of hydrogen-bond donors (Lipinski definition) is 1. The van der Waals surface area contributed by atoms with E-state index in [1.54, 1.807) is 10.7 Å². The molecule has 25 heavy (non-hydrogen) atoms. The monoisotopic (exact) mass is 357 g/mol. The second kappa shape index (κ2) is 6.03. The largest absolute Gasteiger partial charge is 0.272 e. The molecular weight excluding hydrogens is 341 g/mol. The predicted octanol–water partition coefficient (Wildman–Crippen LogP) is 3.12. The Hall–Kier alpha value is -2.61. The third-order valence-corrected chi connectivity index (χ3v) is 4.99. The topological polar surface area (TPSA) is 72.2 Å². The molecule has 1 saturated carbocycles. The summed E-state index contributed by atoms with van der Waals surface area (Å²) in [7, 11) is 1.82. The van der Waals surface area contributed by atoms with Gasteiger partial charge in [0.1, 0.15) is 0 Å². The van der Waals surface area contributed by atoms with Gasteiger partial charge in [0.15, 0.2) is 10.8 Å². The van der Waals surface area contributed by atoms with Gasteiger partial charge in [-0.25, -0.2) is 10.4 Å². The molecule has 0 aliphatic heterocycles. The van der Waals surface area contributed by atoms with Gasteiger partial charge in [-0.3, -0.25) is 9.48 Å². The number of halogens is 1. The summed E-state index contributed by atoms with van der Waals surface area (Å²) < 4.78 is 14.7. The lowest BCUT2D eigenvalue weighted by Crippen LogP contribution is -2.18. The molecule has 0 unspecified atom stereocenters. The van der Waals surface area contributed by atoms with E-state index in [2.05, 4.69) is 20.6 Å². The van der Waals surface area contributed by atoms with E-state index < -0.39 is 0 Å². The summed E-state index contributed by atoms with van der Waals surface area (Å²) in [6.45, 7) is 1.86. The number of fused-ring (bicyclic) bond motifs is 1. The van der Waals surface area contributed by atoms with Crippen molar-refractivity contribution >= 4 is 34.5 Å². The second-order valence-corrected chi connectivity index (χ2v) is 7.18. The molecule has 1 fully saturated rings. The van der Waals surface area contributed by atoms with Crippen LogP contribution in [0.3, 0.4) is 0 Å². The van der Waals surface area contributed by atoms with Crippen molar-refractivity contribution in [1.29, 1.82) is 0 Å². The maximum atomic E-state index is 13.0. The standard InChI is InChI=1S/C17H16FN5OS/c1-9-15-12(17(24)21-19-8-11-5-6-14(18)25-11)7-13(10-3-4-10)20-16(15)23(2)22-9/h5-8,10H,3-4H2,1-2H3,(H,21,24). The number of aryl methyl sites for hydroxylation is 2. The van der Waals surface area contributed by atoms with E-state index in [1.807, 2.05) is 20.0 Å². The van der Waals surface area contributed by atoms with Crippen LogP contribution in [0.4, 0.5) is 4.39 Å². The number of carbonyl (C=O) groups excluding carboxylic acids is 1. The number of rotatable bonds is 4. The Morgan fingerprint density at radius 3 is 2.96 bits per heavy atom. The molecule has 6 nitrogen and oxygen atoms in total. The lowest BCUT2D eigenvalue weighted by atomic mass is 10.1. The van der Waals surface area contributed by atoms with Gasteiger partial charge in [-0.15, -0.1) is 11.3 Å². The molecule has 128 valence electrons. The van der Waals surface area contributed by atoms with Crippen molar-refractivity contribution in [2.75, 3.05) is 0 Å². The van der Waals surface area contributed by atoms with Crippen LogP contribution in [0, 0.1) is 12.1 Å². The molecule has 3 aromatic heterocycles. The molecular formula is C17H16FN5OS. The average Bonchev–Trinajstić information content (AvgIpc) is 3.29. The summed E-state index contributed by atoms with van der Waals surface area (Å²) in [5.41, 5.74) is 5.42. The summed E-state index contributed by atoms with van der Waals surface area (Å²) in [6, 6.07) is 4.81. The van der Waals surface area contributed by atoms with E-state index >= 15 is 0 Å². The summed E-state index contributed by atoms with van der Waals surface area (Å²) in [5, 5.41) is 8.77. The summed E-state index contributed by atoms with van der Waals surface area (Å²) >= 11 is 0.968. The zero-order valence-electron chi connectivity index (χ0n) is 13.8. The quantitative estimate of drug-likeness (QED) is 0.576. The minimum absolute atomic E-state index is 0.288. The smallest absolute Gasteiger partial charge is 0.267 e. The predicted molar refractivity (Wildman–Crippen MR) is 94.6 cm³/mol. The number of nitrogens with zero attached hydrogens (tertiary/aromatic N) is 4. The Balaban J connectivity index is 1.67. The highest BCUT2D eigenvalue weighted by atomic mass is 32.1. The molecule has 1 N–H and O–H groups in total. The van der Waals surface area contributed by atoms with E-state index in [0.29, 0.717) is 22.0 Å². The third-order valence-electron chi connectivity index (χ3n) is 4.18. The summed E-state index contributed by atoms with van der Waals surface area (Å²) in [6.07, 6.45) is 3.62. The molecule has 0 bridgehead atoms. The van der Waals surface area contributed by atoms with Gasteiger partial charge in [0.25, 0.3) is 5.91 Å². The van der Waals surface area contributed by atoms with Crippen molar-refractivity contribution in [1.82, 2.24) is 20.2 Å². The summed E-state index contributed by atoms with van der Waals surface area (Å²) in [4.78, 5) is 18.0. The van der Waals surface area contributed by atoms with Crippen molar-refractivity contribution in [3.05, 3.63) is 45.2 Å². The van der Waals surface area contributed by atoms with Gasteiger partial charge in [-0.2, -0.15) is 14.6 Å². The van der Waals surface area contributed by atoms with Crippen molar-refractivity contribution < 1.29 is 9.18 Å². The Labute approximate surface area is 147 Å². The molecule has 3 heterocycles. The Bertz CT molecular complexity index is 1000. The molecule has 0 saturated heterocycles. The fraction of sp³-hybridized carbons (Fsp3) is 0.294. The highest BCUT2D eigenvalue weighted by molar-refractivity contribution is 7.12. The Morgan fingerprint density at radius 2 is 2.28 bits per heavy atom. The fourth-order valence-corrected chi connectivity index (χ4v) is 3.45. The Kier molecular flexibility index (Phi) is 3.84. The van der Waals surface area contributed by atoms with Crippen LogP contribution in [0.2, 0.25) is 0 Å². The number of hydrogen-bond acceptors (Lipinski definition) is 5. The molecule has 0 spiro atoms. The van der Waals surface area contributed by atoms with Gasteiger partial charge >= 0.3 is 0 Å². The molecule has 4 rings (SSSR count). The van der Waals surface area contributed by atoms with Gasteiger partial charge in [0.2, 0.25) is 0 Å². The number of thiophene rings is 1. The summed E-state index contributed by atoms with van der Waals surface area (Å²) in [5.74, 6) is 0.0995. The Morgan fingerprint density at radius 1 is 1.48 bits per heavy atom. The van der Waals surface area contributed by atoms with Gasteiger partial charge in [-0.05, 0) is 38.0 Å². The number of carbonyl (C=O) groups is 1. The van der Waals surface area contributed by atoms with Crippen LogP contribution in [0.5, 0.6) is 0 Å². The maximum Gasteiger partial charge on any atom is 0.272 e. The van der Waals surface area contributed by atoms with Gasteiger partial charge in [-0.1, -0.05) is 0 Å². The van der Waals surface area contributed by atoms with Crippen LogP contribution in [0.25, 0.3) is 11.0 Å². The van der Waals surface area contributed by atoms with E-state index in [9.17, 15) is 9.18 Å². The van der Waals surface area contributed by atoms with E-state index in [4.69, 9.17) is 0 Å². The molecule has 1 aliphatic rings. The lowest BCUT2D eigenvalue weighted by molar-refractivity contribution is 0.0956. The average molecular weight is 357 g/mol. The van der Waals surface area contributed by atoms with Crippen molar-refractivity contribution in [2.45, 2.75) is 25.7 Å². The molecule has 1 amide bonds. The first kappa shape index (κ1) is 15.9. The molecule has 0 radical (unpaired) electrons. The third kappa shape index (κ3) is 3.05. The first-order valence-electron chi connectivity index (χ1n) is 7.96. The molecule has 1 aliphatic carbocycles. The van der Waals surface area contributed by atoms with Crippen molar-refractivity contribution in [3.8, 4) is 0 Å². The van der Waals surface area contributed by atoms with Crippen molar-refractivity contribution in [2.24, 2.45) is 12.1 Å². The number of amides is 1. The van der Waals surface area contributed by atoms with Crippen LogP contribution in [-0.4, -0.2) is 26.9 Å². The van der Waals surface area contributed by atoms with Crippen LogP contribution in [0.15, 0.2) is 23.3 Å². The van der Waals surface area contributed by atoms with Crippen LogP contribution in [0.1, 0.15) is 45.4 Å². The molecule has 0 aromatic carbocycles. The van der Waals surface area contributed by atoms with E-state index in [-0.39, 0.29) is 11.0 Å². The number of hydrazone groups is 1. The zero-order valence-corrected chi connectivity index (χ0v) is 14.6. The first-order chi connectivity index (χ1) is 12.0. The van der Waals surface area contributed by atoms with E-state index in [0.717, 1.165) is 41.0 Å². The fourth-order valence-electron chi connectivity index (χ4n) is 2.84. The number of pyridine rings is 1. The second-order valence-electron chi connectivity index (χ2n) is 6.12. The molecule has 8 heteroatoms. The van der Waals surface area contributed by atoms with E-state index in [1.165, 1.54) is 12.3 Å². The molecule has 3 aromatic rings. The molecule has 0 atom stereocenters. The normalized spacial score (nSPS) is 14.5. The zero-order chi connectivity index (χ0) is 17.6. The minimum atomic E-state index is -0.321. The van der Waals surface area contributed by atoms with Gasteiger partial charge < -0.3 is 0 Å². The van der Waals surface area contributed by atoms with Crippen LogP contribution in [-0.2, 0) is 7.05 Å². The van der Waals surface area contributed by atoms with Crippen molar-refractivity contribution in [3.63, 3.8) is 0 Å². The van der Waals surface area contributed by atoms with Crippen LogP contribution < -0.4 is 5.43 Å². The SMILES string of the molecule is Cc1nn(C)c2nc(C3CC3)cc(C(=O)NN=Cc3ccc(F)s3)c12. The first-order valence-corrected chi connectivity index (χ1v) is 8.77. The lowest BCUT2D eigenvalue weighted by Gasteiger charge is -2.06. The van der Waals surface area contributed by atoms with Gasteiger partial charge in [0, 0.05) is 18.7 Å². The highest BCUT2D eigenvalue weighted by Crippen LogP contribution is 2.40. The number of nitrogens with one attached hydrogen (secondary N) is 1. The highest BCUT2D eigenvalue weighted by Gasteiger charge is 2.28. The van der Waals surface area contributed by atoms with Crippen LogP contribution >= 0.6 is 11.3 Å². The minimum Gasteiger partial charge on any atom is -0.267 e. The van der Waals surface area contributed by atoms with Gasteiger partial charge in [0.05, 0.1) is 27.7 Å². The number of aromatic nitrogens is 3.